The number of para-hydroxylation sites is 11. The van der Waals surface area contributed by atoms with Gasteiger partial charge in [-0.2, -0.15) is 0 Å². The molecule has 0 bridgehead atoms. The van der Waals surface area contributed by atoms with E-state index in [4.69, 9.17) is 47.4 Å². The summed E-state index contributed by atoms with van der Waals surface area (Å²) in [5.41, 5.74) is 13.5. The van der Waals surface area contributed by atoms with Crippen LogP contribution in [0, 0.1) is 49.1 Å². The maximum Gasteiger partial charge on any atom is 0.265 e. The Hall–Kier alpha value is -11.9. The molecule has 0 saturated carbocycles. The lowest BCUT2D eigenvalue weighted by Crippen LogP contribution is -2.50. The van der Waals surface area contributed by atoms with Gasteiger partial charge in [-0.1, -0.05) is 306 Å². The smallest absolute Gasteiger partial charge is 0.265 e. The van der Waals surface area contributed by atoms with E-state index in [1.807, 2.05) is 183 Å². The fourth-order valence-corrected chi connectivity index (χ4v) is 17.6. The van der Waals surface area contributed by atoms with Crippen molar-refractivity contribution in [2.75, 3.05) is 73.5 Å². The first-order valence-electron chi connectivity index (χ1n) is 52.0. The van der Waals surface area contributed by atoms with Crippen LogP contribution < -0.4 is 68.4 Å². The molecule has 3 N–H and O–H groups in total. The minimum absolute atomic E-state index is 0.00991. The topological polar surface area (TPSA) is 189 Å². The van der Waals surface area contributed by atoms with Gasteiger partial charge in [0.25, 0.3) is 17.7 Å². The molecular formula is C125H169FN6O13. The van der Waals surface area contributed by atoms with Crippen LogP contribution in [-0.4, -0.2) is 136 Å². The number of hydrogen-bond donors (Lipinski definition) is 3. The van der Waals surface area contributed by atoms with Crippen LogP contribution in [-0.2, 0) is 41.8 Å². The van der Waals surface area contributed by atoms with Crippen LogP contribution in [0.2, 0.25) is 0 Å². The van der Waals surface area contributed by atoms with E-state index < -0.39 is 0 Å². The summed E-state index contributed by atoms with van der Waals surface area (Å²) in [7, 11) is 2.13. The first kappa shape index (κ1) is 113. The summed E-state index contributed by atoms with van der Waals surface area (Å²) in [5, 5.41) is 9.98. The Morgan fingerprint density at radius 1 is 0.324 bits per heavy atom. The highest BCUT2D eigenvalue weighted by atomic mass is 19.1. The summed E-state index contributed by atoms with van der Waals surface area (Å²) in [6.45, 7) is 70.4. The highest BCUT2D eigenvalue weighted by Crippen LogP contribution is 2.44. The number of halogens is 1. The number of anilines is 4. The lowest BCUT2D eigenvalue weighted by atomic mass is 9.80. The maximum atomic E-state index is 13.0. The first-order chi connectivity index (χ1) is 67.8. The summed E-state index contributed by atoms with van der Waals surface area (Å²) in [6.07, 6.45) is 6.58. The summed E-state index contributed by atoms with van der Waals surface area (Å²) >= 11 is 0. The fraction of sp³-hybridized carbons (Fsp3) is 0.496. The first-order valence-corrected chi connectivity index (χ1v) is 52.0. The number of benzene rings is 10. The van der Waals surface area contributed by atoms with E-state index in [0.29, 0.717) is 43.0 Å². The van der Waals surface area contributed by atoms with Crippen molar-refractivity contribution in [2.24, 2.45) is 43.3 Å². The summed E-state index contributed by atoms with van der Waals surface area (Å²) in [6, 6.07) is 77.5. The number of carbonyl (C=O) groups is 3. The summed E-state index contributed by atoms with van der Waals surface area (Å²) < 4.78 is 70.6. The van der Waals surface area contributed by atoms with E-state index in [-0.39, 0.29) is 115 Å². The lowest BCUT2D eigenvalue weighted by molar-refractivity contribution is -0.122. The van der Waals surface area contributed by atoms with Gasteiger partial charge in [-0.15, -0.1) is 0 Å². The van der Waals surface area contributed by atoms with Gasteiger partial charge in [0.05, 0.1) is 54.6 Å². The van der Waals surface area contributed by atoms with E-state index in [0.717, 1.165) is 133 Å². The largest absolute Gasteiger partial charge is 0.490 e. The van der Waals surface area contributed by atoms with Crippen molar-refractivity contribution in [1.29, 1.82) is 0 Å². The second-order valence-electron chi connectivity index (χ2n) is 49.8. The second kappa shape index (κ2) is 47.7. The van der Waals surface area contributed by atoms with Crippen LogP contribution in [0.1, 0.15) is 263 Å². The third-order valence-corrected chi connectivity index (χ3v) is 27.4. The number of aryl methyl sites for hydroxylation is 1. The molecule has 10 aromatic rings. The predicted molar refractivity (Wildman–Crippen MR) is 591 cm³/mol. The lowest BCUT2D eigenvalue weighted by Gasteiger charge is -2.40. The highest BCUT2D eigenvalue weighted by molar-refractivity contribution is 5.99. The molecule has 10 aromatic carbocycles. The van der Waals surface area contributed by atoms with Gasteiger partial charge in [0.2, 0.25) is 0 Å². The van der Waals surface area contributed by atoms with Crippen LogP contribution in [0.15, 0.2) is 237 Å². The van der Waals surface area contributed by atoms with Gasteiger partial charge in [0, 0.05) is 69.6 Å². The summed E-state index contributed by atoms with van der Waals surface area (Å²) in [5.74, 6) is 7.60. The zero-order valence-corrected chi connectivity index (χ0v) is 92.9. The molecule has 20 rings (SSSR count). The maximum absolute atomic E-state index is 13.0. The zero-order chi connectivity index (χ0) is 106. The molecule has 145 heavy (non-hydrogen) atoms. The fourth-order valence-electron chi connectivity index (χ4n) is 17.6. The Morgan fingerprint density at radius 3 is 1.35 bits per heavy atom. The van der Waals surface area contributed by atoms with Gasteiger partial charge in [-0.05, 0) is 214 Å². The molecule has 0 aliphatic carbocycles. The van der Waals surface area contributed by atoms with Crippen molar-refractivity contribution in [2.45, 2.75) is 306 Å². The van der Waals surface area contributed by atoms with E-state index in [9.17, 15) is 18.8 Å². The van der Waals surface area contributed by atoms with Crippen molar-refractivity contribution >= 4 is 40.5 Å². The third-order valence-electron chi connectivity index (χ3n) is 27.4. The zero-order valence-electron chi connectivity index (χ0n) is 92.9. The molecule has 8 atom stereocenters. The van der Waals surface area contributed by atoms with Gasteiger partial charge < -0.3 is 78.0 Å². The van der Waals surface area contributed by atoms with Gasteiger partial charge in [-0.3, -0.25) is 14.4 Å². The molecule has 784 valence electrons. The molecular weight excluding hydrogens is 1810 g/mol. The molecule has 10 aliphatic heterocycles. The Balaban J connectivity index is 0.000000153. The van der Waals surface area contributed by atoms with Crippen LogP contribution >= 0.6 is 0 Å². The average Bonchev–Trinajstić information content (AvgIpc) is 0.790. The number of likely N-dealkylation sites (N-methyl/N-ethyl adjacent to an activating group) is 1. The number of nitrogens with zero attached hydrogens (tertiary/aromatic N) is 3. The molecule has 10 aliphatic rings. The molecule has 0 aromatic heterocycles. The number of ether oxygens (including phenoxy) is 10. The molecule has 3 amide bonds. The van der Waals surface area contributed by atoms with Gasteiger partial charge >= 0.3 is 0 Å². The molecule has 8 unspecified atom stereocenters. The van der Waals surface area contributed by atoms with Crippen molar-refractivity contribution < 1.29 is 66.1 Å². The summed E-state index contributed by atoms with van der Waals surface area (Å²) in [4.78, 5) is 41.8. The number of amides is 3. The Bertz CT molecular complexity index is 5510. The van der Waals surface area contributed by atoms with Crippen LogP contribution in [0.4, 0.5) is 27.1 Å². The standard InChI is InChI=1S/C13H19NO.2C13H17NO.2C13H18O.C12H15FO2.C12H15NO2.2C12H17NO.C12H16O2/c1-13(2,3)12-9-14(4)10-7-5-6-8-11(10)15-12;1-13(2,3)14-9-8-10-6-4-5-7-11(10)12(14)15;1-13(2,3)11-8-9-6-4-5-7-10(9)12(15)14-11;1-13(2,3)12-8-10-6-4-5-7-11(10)9-14-12;1-13(2,3)12-9-8-10-6-4-5-7-11(10)14-12;1-12(2,3)11-7-14-9-5-4-8(13)6-10(9)15-11;1-12(2,3)13-9-6-4-5-7-10(9)15-8-11(13)14;1-12(2,3)11-8-14-10-7-5-4-6-9(10)13-11;2*1-12(2,3)11-8-13-9-6-4-5-7-10(9)14-11/h5-8,12H,9H2,1-4H3;4-7H,8-9H2,1-3H3;4-7,11H,8H2,1-3H3,(H,14,15);2*4-7,12H,8-9H2,1-3H3;4-6,11H,7H2,1-3H3;4-7H,8H2,1-3H3;2*4-7,11,13H,8H2,1-3H3;4-7,11H,8H2,1-3H3. The van der Waals surface area contributed by atoms with Crippen molar-refractivity contribution in [3.05, 3.63) is 281 Å². The Morgan fingerprint density at radius 2 is 0.772 bits per heavy atom. The quantitative estimate of drug-likeness (QED) is 0.130. The number of fused-ring (bicyclic) bond motifs is 10. The normalized spacial score (nSPS) is 19.9. The SMILES string of the molecule is CC(C)(C)C1CCc2ccccc2O1.CC(C)(C)C1CNc2ccccc2O1.CC(C)(C)C1COc2ccc(F)cc2O1.CC(C)(C)C1COc2ccccc2N1.CC(C)(C)C1COc2ccccc2O1.CC(C)(C)C1Cc2ccccc2C(=O)N1.CC(C)(C)C1Cc2ccccc2CO1.CC(C)(C)N1C(=O)COc2ccccc21.CC(C)(C)N1CCc2ccccc2C1=O.CN1CC(C(C)(C)C)Oc2ccccc21. The van der Waals surface area contributed by atoms with Crippen molar-refractivity contribution in [3.8, 4) is 51.7 Å². The second-order valence-corrected chi connectivity index (χ2v) is 49.8. The van der Waals surface area contributed by atoms with Gasteiger partial charge in [0.1, 0.15) is 84.9 Å². The highest BCUT2D eigenvalue weighted by Gasteiger charge is 2.41. The van der Waals surface area contributed by atoms with Crippen molar-refractivity contribution in [1.82, 2.24) is 10.2 Å². The number of hydrogen-bond acceptors (Lipinski definition) is 16. The monoisotopic (exact) mass is 1980 g/mol. The van der Waals surface area contributed by atoms with Crippen LogP contribution in [0.5, 0.6) is 51.7 Å². The molecule has 0 fully saturated rings. The average molecular weight is 1980 g/mol. The molecule has 19 nitrogen and oxygen atoms in total. The van der Waals surface area contributed by atoms with Crippen LogP contribution in [0.3, 0.4) is 0 Å². The molecule has 0 radical (unpaired) electrons. The Kier molecular flexibility index (Phi) is 37.3. The van der Waals surface area contributed by atoms with E-state index >= 15 is 0 Å². The third kappa shape index (κ3) is 32.1. The van der Waals surface area contributed by atoms with E-state index in [2.05, 4.69) is 276 Å². The molecule has 20 heteroatoms. The predicted octanol–water partition coefficient (Wildman–Crippen LogP) is 28.3. The van der Waals surface area contributed by atoms with Crippen molar-refractivity contribution in [3.63, 3.8) is 0 Å². The number of carbonyl (C=O) groups excluding carboxylic acids is 3. The Labute approximate surface area is 867 Å². The number of nitrogens with one attached hydrogen (secondary N) is 3. The van der Waals surface area contributed by atoms with E-state index in [1.54, 1.807) is 11.0 Å². The van der Waals surface area contributed by atoms with Gasteiger partial charge in [-0.25, -0.2) is 4.39 Å². The minimum Gasteiger partial charge on any atom is -0.490 e. The molecule has 0 saturated heterocycles. The molecule has 0 spiro atoms. The van der Waals surface area contributed by atoms with E-state index in [1.165, 1.54) is 45.6 Å². The van der Waals surface area contributed by atoms with Crippen LogP contribution in [0.25, 0.3) is 0 Å². The minimum atomic E-state index is -0.299. The molecule has 10 heterocycles. The van der Waals surface area contributed by atoms with Gasteiger partial charge in [0.15, 0.2) is 29.6 Å². The number of rotatable bonds is 0.